The van der Waals surface area contributed by atoms with Crippen LogP contribution in [0.5, 0.6) is 0 Å². The van der Waals surface area contributed by atoms with Crippen LogP contribution in [0.3, 0.4) is 0 Å². The Morgan fingerprint density at radius 3 is 2.86 bits per heavy atom. The molecule has 0 atom stereocenters. The summed E-state index contributed by atoms with van der Waals surface area (Å²) in [4.78, 5) is 25.7. The molecule has 1 aromatic rings. The first-order chi connectivity index (χ1) is 10.4. The molecule has 2 heterocycles. The molecule has 1 saturated heterocycles. The van der Waals surface area contributed by atoms with Gasteiger partial charge < -0.3 is 9.15 Å². The maximum Gasteiger partial charge on any atom is 0.326 e. The molecule has 22 heavy (non-hydrogen) atoms. The van der Waals surface area contributed by atoms with E-state index < -0.39 is 5.97 Å². The molecular weight excluding hydrogens is 390 g/mol. The molecule has 0 unspecified atom stereocenters. The summed E-state index contributed by atoms with van der Waals surface area (Å²) in [6.45, 7) is 4.04. The molecule has 2 rings (SSSR count). The number of thioether (sulfide) groups is 1. The Kier molecular flexibility index (Phi) is 5.82. The average molecular weight is 404 g/mol. The lowest BCUT2D eigenvalue weighted by atomic mass is 10.2. The summed E-state index contributed by atoms with van der Waals surface area (Å²) in [5.74, 6) is -0.00168. The summed E-state index contributed by atoms with van der Waals surface area (Å²) in [6, 6.07) is 3.46. The minimum Gasteiger partial charge on any atom is -0.464 e. The fourth-order valence-corrected chi connectivity index (χ4v) is 3.16. The Hall–Kier alpha value is -1.12. The predicted molar refractivity (Wildman–Crippen MR) is 92.1 cm³/mol. The number of carbonyl (C=O) groups excluding carboxylic acids is 2. The van der Waals surface area contributed by atoms with Crippen LogP contribution in [-0.2, 0) is 14.3 Å². The highest BCUT2D eigenvalue weighted by Gasteiger charge is 2.34. The van der Waals surface area contributed by atoms with Crippen molar-refractivity contribution in [3.8, 4) is 0 Å². The topological polar surface area (TPSA) is 59.8 Å². The van der Waals surface area contributed by atoms with Crippen LogP contribution >= 0.6 is 39.9 Å². The molecule has 0 bridgehead atoms. The molecule has 118 valence electrons. The largest absolute Gasteiger partial charge is 0.464 e. The van der Waals surface area contributed by atoms with Gasteiger partial charge in [0.25, 0.3) is 5.91 Å². The molecule has 0 N–H and O–H groups in total. The van der Waals surface area contributed by atoms with Gasteiger partial charge in [-0.05, 0) is 34.0 Å². The molecule has 0 spiro atoms. The molecule has 1 aliphatic heterocycles. The number of rotatable bonds is 5. The molecule has 5 nitrogen and oxygen atoms in total. The van der Waals surface area contributed by atoms with E-state index in [0.29, 0.717) is 26.3 Å². The minimum absolute atomic E-state index is 0.170. The van der Waals surface area contributed by atoms with E-state index in [1.165, 1.54) is 4.90 Å². The van der Waals surface area contributed by atoms with Crippen molar-refractivity contribution in [3.63, 3.8) is 0 Å². The Labute approximate surface area is 146 Å². The van der Waals surface area contributed by atoms with Crippen molar-refractivity contribution < 1.29 is 18.7 Å². The van der Waals surface area contributed by atoms with Crippen molar-refractivity contribution in [2.75, 3.05) is 13.2 Å². The van der Waals surface area contributed by atoms with Gasteiger partial charge in [0, 0.05) is 6.08 Å². The molecule has 1 aromatic heterocycles. The Balaban J connectivity index is 2.02. The summed E-state index contributed by atoms with van der Waals surface area (Å²) in [5, 5.41) is 0. The van der Waals surface area contributed by atoms with Crippen molar-refractivity contribution in [1.82, 2.24) is 4.90 Å². The zero-order valence-corrected chi connectivity index (χ0v) is 15.2. The van der Waals surface area contributed by atoms with Gasteiger partial charge >= 0.3 is 5.97 Å². The van der Waals surface area contributed by atoms with Crippen LogP contribution in [0.2, 0.25) is 0 Å². The van der Waals surface area contributed by atoms with Crippen LogP contribution in [0.15, 0.2) is 26.1 Å². The second-order valence-corrected chi connectivity index (χ2v) is 7.44. The zero-order chi connectivity index (χ0) is 16.3. The number of amides is 1. The number of esters is 1. The third-order valence-corrected chi connectivity index (χ3v) is 4.41. The molecule has 0 radical (unpaired) electrons. The third kappa shape index (κ3) is 4.44. The smallest absolute Gasteiger partial charge is 0.326 e. The van der Waals surface area contributed by atoms with Gasteiger partial charge in [-0.2, -0.15) is 0 Å². The summed E-state index contributed by atoms with van der Waals surface area (Å²) >= 11 is 9.48. The molecule has 0 aromatic carbocycles. The van der Waals surface area contributed by atoms with Gasteiger partial charge in [-0.25, -0.2) is 0 Å². The number of furan rings is 1. The minimum atomic E-state index is -0.466. The van der Waals surface area contributed by atoms with Crippen molar-refractivity contribution >= 4 is 62.2 Å². The third-order valence-electron chi connectivity index (χ3n) is 2.61. The maximum absolute atomic E-state index is 12.3. The SMILES string of the molecule is CC(C)COC(=O)CN1C(=O)/C(=C/c2ccc(Br)o2)SC1=S. The van der Waals surface area contributed by atoms with Crippen LogP contribution in [-0.4, -0.2) is 34.2 Å². The average Bonchev–Trinajstić information content (AvgIpc) is 2.96. The Morgan fingerprint density at radius 2 is 2.27 bits per heavy atom. The van der Waals surface area contributed by atoms with E-state index >= 15 is 0 Å². The molecule has 8 heteroatoms. The Bertz CT molecular complexity index is 639. The van der Waals surface area contributed by atoms with Crippen LogP contribution in [0.4, 0.5) is 0 Å². The molecular formula is C14H14BrNO4S2. The van der Waals surface area contributed by atoms with E-state index in [4.69, 9.17) is 21.4 Å². The van der Waals surface area contributed by atoms with Crippen molar-refractivity contribution in [1.29, 1.82) is 0 Å². The Morgan fingerprint density at radius 1 is 1.55 bits per heavy atom. The van der Waals surface area contributed by atoms with E-state index in [2.05, 4.69) is 15.9 Å². The maximum atomic E-state index is 12.3. The number of ether oxygens (including phenoxy) is 1. The summed E-state index contributed by atoms with van der Waals surface area (Å²) < 4.78 is 11.3. The van der Waals surface area contributed by atoms with Crippen molar-refractivity contribution in [2.45, 2.75) is 13.8 Å². The van der Waals surface area contributed by atoms with Crippen LogP contribution in [0.25, 0.3) is 6.08 Å². The molecule has 1 aliphatic rings. The van der Waals surface area contributed by atoms with E-state index in [1.807, 2.05) is 13.8 Å². The van der Waals surface area contributed by atoms with Gasteiger partial charge in [-0.15, -0.1) is 0 Å². The molecule has 1 amide bonds. The number of hydrogen-bond acceptors (Lipinski definition) is 6. The first kappa shape index (κ1) is 17.2. The lowest BCUT2D eigenvalue weighted by Crippen LogP contribution is -2.34. The van der Waals surface area contributed by atoms with E-state index in [-0.39, 0.29) is 18.4 Å². The quantitative estimate of drug-likeness (QED) is 0.426. The van der Waals surface area contributed by atoms with Crippen LogP contribution < -0.4 is 0 Å². The normalized spacial score (nSPS) is 16.9. The van der Waals surface area contributed by atoms with E-state index in [0.717, 1.165) is 11.8 Å². The number of nitrogens with zero attached hydrogens (tertiary/aromatic N) is 1. The fourth-order valence-electron chi connectivity index (χ4n) is 1.61. The van der Waals surface area contributed by atoms with Gasteiger partial charge in [-0.1, -0.05) is 37.8 Å². The molecule has 0 saturated carbocycles. The first-order valence-electron chi connectivity index (χ1n) is 6.53. The van der Waals surface area contributed by atoms with E-state index in [9.17, 15) is 9.59 Å². The van der Waals surface area contributed by atoms with Gasteiger partial charge in [0.05, 0.1) is 11.5 Å². The fraction of sp³-hybridized carbons (Fsp3) is 0.357. The van der Waals surface area contributed by atoms with Gasteiger partial charge in [0.15, 0.2) is 4.67 Å². The van der Waals surface area contributed by atoms with Crippen molar-refractivity contribution in [2.24, 2.45) is 5.92 Å². The highest BCUT2D eigenvalue weighted by Crippen LogP contribution is 2.33. The summed E-state index contributed by atoms with van der Waals surface area (Å²) in [6.07, 6.45) is 1.60. The van der Waals surface area contributed by atoms with Crippen LogP contribution in [0, 0.1) is 5.92 Å². The highest BCUT2D eigenvalue weighted by atomic mass is 79.9. The van der Waals surface area contributed by atoms with Gasteiger partial charge in [-0.3, -0.25) is 14.5 Å². The summed E-state index contributed by atoms with van der Waals surface area (Å²) in [5.41, 5.74) is 0. The van der Waals surface area contributed by atoms with Gasteiger partial charge in [0.2, 0.25) is 0 Å². The highest BCUT2D eigenvalue weighted by molar-refractivity contribution is 9.10. The number of carbonyl (C=O) groups is 2. The van der Waals surface area contributed by atoms with Crippen LogP contribution in [0.1, 0.15) is 19.6 Å². The van der Waals surface area contributed by atoms with E-state index in [1.54, 1.807) is 18.2 Å². The standard InChI is InChI=1S/C14H14BrNO4S2/c1-8(2)7-19-12(17)6-16-13(18)10(22-14(16)21)5-9-3-4-11(15)20-9/h3-5,8H,6-7H2,1-2H3/b10-5-. The number of hydrogen-bond donors (Lipinski definition) is 0. The molecule has 0 aliphatic carbocycles. The second-order valence-electron chi connectivity index (χ2n) is 4.99. The number of thiocarbonyl (C=S) groups is 1. The zero-order valence-electron chi connectivity index (χ0n) is 12.0. The lowest BCUT2D eigenvalue weighted by molar-refractivity contribution is -0.147. The molecule has 1 fully saturated rings. The lowest BCUT2D eigenvalue weighted by Gasteiger charge is -2.14. The number of halogens is 1. The van der Waals surface area contributed by atoms with Gasteiger partial charge in [0.1, 0.15) is 16.6 Å². The predicted octanol–water partition coefficient (Wildman–Crippen LogP) is 3.44. The van der Waals surface area contributed by atoms with Crippen molar-refractivity contribution in [3.05, 3.63) is 27.5 Å². The second kappa shape index (κ2) is 7.43. The summed E-state index contributed by atoms with van der Waals surface area (Å²) in [7, 11) is 0. The monoisotopic (exact) mass is 403 g/mol. The first-order valence-corrected chi connectivity index (χ1v) is 8.55.